The van der Waals surface area contributed by atoms with Crippen molar-refractivity contribution in [2.45, 2.75) is 45.3 Å². The lowest BCUT2D eigenvalue weighted by atomic mass is 10.2. The predicted molar refractivity (Wildman–Crippen MR) is 89.4 cm³/mol. The first kappa shape index (κ1) is 16.7. The zero-order valence-corrected chi connectivity index (χ0v) is 14.3. The fourth-order valence-electron chi connectivity index (χ4n) is 2.96. The van der Waals surface area contributed by atoms with Crippen LogP contribution in [0.5, 0.6) is 0 Å². The molecule has 0 radical (unpaired) electrons. The molecule has 7 nitrogen and oxygen atoms in total. The molecule has 1 aliphatic heterocycles. The van der Waals surface area contributed by atoms with Crippen molar-refractivity contribution in [3.63, 3.8) is 0 Å². The summed E-state index contributed by atoms with van der Waals surface area (Å²) >= 11 is 0. The van der Waals surface area contributed by atoms with Crippen molar-refractivity contribution in [3.8, 4) is 0 Å². The smallest absolute Gasteiger partial charge is 0.224 e. The number of hydrogen-bond donors (Lipinski definition) is 1. The fraction of sp³-hybridized carbons (Fsp3) is 0.588. The first-order valence-electron chi connectivity index (χ1n) is 8.60. The molecule has 0 unspecified atom stereocenters. The third-order valence-electron chi connectivity index (χ3n) is 4.35. The molecule has 3 rings (SSSR count). The van der Waals surface area contributed by atoms with Gasteiger partial charge in [0.05, 0.1) is 13.2 Å². The van der Waals surface area contributed by atoms with Crippen LogP contribution in [-0.2, 0) is 16.0 Å². The van der Waals surface area contributed by atoms with Crippen LogP contribution in [0.1, 0.15) is 50.5 Å². The summed E-state index contributed by atoms with van der Waals surface area (Å²) in [5.74, 6) is 1.67. The van der Waals surface area contributed by atoms with E-state index in [0.29, 0.717) is 31.9 Å². The number of aryl methyl sites for hydroxylation is 1. The quantitative estimate of drug-likeness (QED) is 0.879. The third-order valence-corrected chi connectivity index (χ3v) is 4.35. The van der Waals surface area contributed by atoms with E-state index in [1.165, 1.54) is 0 Å². The van der Waals surface area contributed by atoms with E-state index in [-0.39, 0.29) is 18.1 Å². The topological polar surface area (TPSA) is 76.0 Å². The molecule has 1 amide bonds. The van der Waals surface area contributed by atoms with Gasteiger partial charge < -0.3 is 14.2 Å². The van der Waals surface area contributed by atoms with Gasteiger partial charge in [-0.05, 0) is 25.5 Å². The van der Waals surface area contributed by atoms with Crippen LogP contribution < -0.4 is 0 Å². The Bertz CT molecular complexity index is 652. The molecule has 1 aliphatic rings. The van der Waals surface area contributed by atoms with Gasteiger partial charge in [-0.2, -0.15) is 5.10 Å². The van der Waals surface area contributed by atoms with Gasteiger partial charge in [0.1, 0.15) is 11.9 Å². The first-order valence-corrected chi connectivity index (χ1v) is 8.60. The maximum absolute atomic E-state index is 12.6. The number of H-pyrrole nitrogens is 1. The number of aromatic nitrogens is 4. The van der Waals surface area contributed by atoms with Crippen LogP contribution in [0.2, 0.25) is 0 Å². The fourth-order valence-corrected chi connectivity index (χ4v) is 2.96. The summed E-state index contributed by atoms with van der Waals surface area (Å²) in [4.78, 5) is 18.9. The van der Waals surface area contributed by atoms with Crippen LogP contribution in [0.3, 0.4) is 0 Å². The Morgan fingerprint density at radius 1 is 1.46 bits per heavy atom. The number of nitrogens with one attached hydrogen (secondary N) is 1. The molecule has 0 saturated carbocycles. The van der Waals surface area contributed by atoms with Crippen molar-refractivity contribution >= 4 is 5.91 Å². The van der Waals surface area contributed by atoms with E-state index >= 15 is 0 Å². The van der Waals surface area contributed by atoms with Crippen LogP contribution in [-0.4, -0.2) is 50.3 Å². The highest BCUT2D eigenvalue weighted by molar-refractivity contribution is 5.76. The van der Waals surface area contributed by atoms with Crippen molar-refractivity contribution in [1.29, 1.82) is 0 Å². The Balaban J connectivity index is 1.59. The molecule has 7 heteroatoms. The first-order chi connectivity index (χ1) is 11.7. The van der Waals surface area contributed by atoms with E-state index in [0.717, 1.165) is 18.7 Å². The van der Waals surface area contributed by atoms with Gasteiger partial charge in [0, 0.05) is 37.8 Å². The molecule has 2 aromatic rings. The number of ether oxygens (including phenoxy) is 1. The minimum atomic E-state index is -0.244. The largest absolute Gasteiger partial charge is 0.366 e. The van der Waals surface area contributed by atoms with Gasteiger partial charge >= 0.3 is 0 Å². The van der Waals surface area contributed by atoms with Gasteiger partial charge in [0.25, 0.3) is 0 Å². The van der Waals surface area contributed by atoms with E-state index < -0.39 is 0 Å². The number of aromatic amines is 1. The lowest BCUT2D eigenvalue weighted by Crippen LogP contribution is -2.43. The monoisotopic (exact) mass is 331 g/mol. The molecule has 24 heavy (non-hydrogen) atoms. The highest BCUT2D eigenvalue weighted by Gasteiger charge is 2.28. The summed E-state index contributed by atoms with van der Waals surface area (Å²) in [6.45, 7) is 5.82. The maximum Gasteiger partial charge on any atom is 0.224 e. The molecule has 3 heterocycles. The van der Waals surface area contributed by atoms with Gasteiger partial charge in [-0.15, -0.1) is 0 Å². The summed E-state index contributed by atoms with van der Waals surface area (Å²) < 4.78 is 7.83. The molecule has 1 saturated heterocycles. The molecular weight excluding hydrogens is 306 g/mol. The Hall–Kier alpha value is -2.15. The van der Waals surface area contributed by atoms with Gasteiger partial charge in [0.15, 0.2) is 5.82 Å². The maximum atomic E-state index is 12.6. The van der Waals surface area contributed by atoms with Crippen LogP contribution in [0.4, 0.5) is 0 Å². The van der Waals surface area contributed by atoms with Crippen molar-refractivity contribution in [1.82, 2.24) is 24.6 Å². The molecular formula is C17H25N5O2. The summed E-state index contributed by atoms with van der Waals surface area (Å²) in [5.41, 5.74) is 0. The SMILES string of the molecule is CCCc1nc([C@H]2CN(C(=O)C[C@H](C)n3cccc3)CCO2)n[nH]1. The highest BCUT2D eigenvalue weighted by atomic mass is 16.5. The number of carbonyl (C=O) groups excluding carboxylic acids is 1. The van der Waals surface area contributed by atoms with Crippen molar-refractivity contribution in [2.75, 3.05) is 19.7 Å². The van der Waals surface area contributed by atoms with E-state index in [2.05, 4.69) is 33.6 Å². The number of rotatable bonds is 6. The minimum Gasteiger partial charge on any atom is -0.366 e. The summed E-state index contributed by atoms with van der Waals surface area (Å²) in [6.07, 6.45) is 6.10. The van der Waals surface area contributed by atoms with Crippen molar-refractivity contribution in [2.24, 2.45) is 0 Å². The molecule has 0 aromatic carbocycles. The second-order valence-corrected chi connectivity index (χ2v) is 6.27. The minimum absolute atomic E-state index is 0.147. The van der Waals surface area contributed by atoms with Gasteiger partial charge in [-0.25, -0.2) is 4.98 Å². The number of amides is 1. The molecule has 1 N–H and O–H groups in total. The van der Waals surface area contributed by atoms with Crippen LogP contribution >= 0.6 is 0 Å². The van der Waals surface area contributed by atoms with Crippen LogP contribution in [0.15, 0.2) is 24.5 Å². The summed E-state index contributed by atoms with van der Waals surface area (Å²) in [5, 5.41) is 7.20. The van der Waals surface area contributed by atoms with E-state index in [4.69, 9.17) is 4.74 Å². The second-order valence-electron chi connectivity index (χ2n) is 6.27. The molecule has 0 aliphatic carbocycles. The highest BCUT2D eigenvalue weighted by Crippen LogP contribution is 2.21. The van der Waals surface area contributed by atoms with Crippen molar-refractivity contribution < 1.29 is 9.53 Å². The summed E-state index contributed by atoms with van der Waals surface area (Å²) in [6, 6.07) is 4.10. The third kappa shape index (κ3) is 3.84. The average Bonchev–Trinajstić information content (AvgIpc) is 3.27. The summed E-state index contributed by atoms with van der Waals surface area (Å²) in [7, 11) is 0. The Morgan fingerprint density at radius 2 is 2.25 bits per heavy atom. The van der Waals surface area contributed by atoms with E-state index in [9.17, 15) is 4.79 Å². The lowest BCUT2D eigenvalue weighted by Gasteiger charge is -2.32. The number of carbonyl (C=O) groups is 1. The predicted octanol–water partition coefficient (Wildman–Crippen LogP) is 2.11. The molecule has 2 atom stereocenters. The van der Waals surface area contributed by atoms with E-state index in [1.54, 1.807) is 0 Å². The molecule has 2 aromatic heterocycles. The van der Waals surface area contributed by atoms with Crippen LogP contribution in [0.25, 0.3) is 0 Å². The Labute approximate surface area is 142 Å². The average molecular weight is 331 g/mol. The zero-order valence-electron chi connectivity index (χ0n) is 14.3. The van der Waals surface area contributed by atoms with Crippen LogP contribution in [0, 0.1) is 0 Å². The Kier molecular flexibility index (Phi) is 5.30. The number of morpholine rings is 1. The molecule has 0 bridgehead atoms. The lowest BCUT2D eigenvalue weighted by molar-refractivity contribution is -0.140. The number of nitrogens with zero attached hydrogens (tertiary/aromatic N) is 4. The van der Waals surface area contributed by atoms with Crippen molar-refractivity contribution in [3.05, 3.63) is 36.2 Å². The normalized spacial score (nSPS) is 19.4. The second kappa shape index (κ2) is 7.61. The molecule has 1 fully saturated rings. The van der Waals surface area contributed by atoms with E-state index in [1.807, 2.05) is 29.4 Å². The number of hydrogen-bond acceptors (Lipinski definition) is 4. The zero-order chi connectivity index (χ0) is 16.9. The molecule has 130 valence electrons. The standard InChI is InChI=1S/C17H25N5O2/c1-3-6-15-18-17(20-19-15)14-12-22(9-10-24-14)16(23)11-13(2)21-7-4-5-8-21/h4-5,7-8,13-14H,3,6,9-12H2,1-2H3,(H,18,19,20)/t13-,14+/m0/s1. The Morgan fingerprint density at radius 3 is 3.00 bits per heavy atom. The van der Waals surface area contributed by atoms with Gasteiger partial charge in [-0.3, -0.25) is 9.89 Å². The molecule has 0 spiro atoms. The van der Waals surface area contributed by atoms with Gasteiger partial charge in [0.2, 0.25) is 5.91 Å². The van der Waals surface area contributed by atoms with Gasteiger partial charge in [-0.1, -0.05) is 6.92 Å².